The van der Waals surface area contributed by atoms with E-state index in [4.69, 9.17) is 14.7 Å². The molecule has 1 saturated heterocycles. The molecular formula is C27H33FN6O3. The molecule has 4 heterocycles. The number of rotatable bonds is 4. The summed E-state index contributed by atoms with van der Waals surface area (Å²) in [5, 5.41) is 13.6. The highest BCUT2D eigenvalue weighted by Crippen LogP contribution is 2.39. The first-order valence-electron chi connectivity index (χ1n) is 12.6. The number of aryl methyl sites for hydroxylation is 1. The van der Waals surface area contributed by atoms with E-state index in [9.17, 15) is 4.79 Å². The monoisotopic (exact) mass is 508 g/mol. The van der Waals surface area contributed by atoms with Crippen molar-refractivity contribution in [1.82, 2.24) is 19.1 Å². The summed E-state index contributed by atoms with van der Waals surface area (Å²) in [6, 6.07) is 9.87. The summed E-state index contributed by atoms with van der Waals surface area (Å²) >= 11 is 0. The van der Waals surface area contributed by atoms with Crippen molar-refractivity contribution in [3.8, 4) is 17.6 Å². The molecule has 3 aromatic rings. The molecule has 0 radical (unpaired) electrons. The maximum absolute atomic E-state index is 15.5. The molecule has 1 fully saturated rings. The zero-order valence-corrected chi connectivity index (χ0v) is 22.2. The van der Waals surface area contributed by atoms with Crippen molar-refractivity contribution in [3.63, 3.8) is 0 Å². The van der Waals surface area contributed by atoms with E-state index in [-0.39, 0.29) is 36.0 Å². The SMILES string of the molecule is CC(c1ccc2c(c1)OC(C)(C)CO2)N1C[C@H](C)N(c2c(F)c(=O)n(C)c3cc(CC#N)nn23)C[C@H]1C. The predicted octanol–water partition coefficient (Wildman–Crippen LogP) is 3.45. The van der Waals surface area contributed by atoms with Crippen LogP contribution in [-0.4, -0.2) is 56.5 Å². The molecule has 0 N–H and O–H groups in total. The van der Waals surface area contributed by atoms with Crippen LogP contribution in [0, 0.1) is 17.1 Å². The zero-order chi connectivity index (χ0) is 26.6. The van der Waals surface area contributed by atoms with Crippen molar-refractivity contribution in [3.05, 3.63) is 51.7 Å². The number of anilines is 1. The fourth-order valence-electron chi connectivity index (χ4n) is 5.41. The molecule has 2 aromatic heterocycles. The van der Waals surface area contributed by atoms with Gasteiger partial charge in [-0.1, -0.05) is 6.07 Å². The van der Waals surface area contributed by atoms with Crippen LogP contribution in [-0.2, 0) is 13.5 Å². The second-order valence-electron chi connectivity index (χ2n) is 10.8. The van der Waals surface area contributed by atoms with E-state index in [2.05, 4.69) is 42.0 Å². The van der Waals surface area contributed by atoms with E-state index >= 15 is 4.39 Å². The van der Waals surface area contributed by atoms with E-state index in [1.54, 1.807) is 6.07 Å². The molecule has 0 spiro atoms. The maximum Gasteiger partial charge on any atom is 0.291 e. The molecule has 37 heavy (non-hydrogen) atoms. The Kier molecular flexibility index (Phi) is 6.15. The quantitative estimate of drug-likeness (QED) is 0.533. The van der Waals surface area contributed by atoms with Crippen LogP contribution >= 0.6 is 0 Å². The molecule has 2 aliphatic heterocycles. The fourth-order valence-corrected chi connectivity index (χ4v) is 5.41. The first-order valence-corrected chi connectivity index (χ1v) is 12.6. The summed E-state index contributed by atoms with van der Waals surface area (Å²) < 4.78 is 30.2. The van der Waals surface area contributed by atoms with E-state index in [0.29, 0.717) is 31.0 Å². The largest absolute Gasteiger partial charge is 0.486 e. The van der Waals surface area contributed by atoms with E-state index in [0.717, 1.165) is 17.1 Å². The summed E-state index contributed by atoms with van der Waals surface area (Å²) in [7, 11) is 1.52. The van der Waals surface area contributed by atoms with Crippen LogP contribution in [0.2, 0.25) is 0 Å². The number of nitriles is 1. The molecule has 1 unspecified atom stereocenters. The van der Waals surface area contributed by atoms with Gasteiger partial charge in [-0.15, -0.1) is 0 Å². The Morgan fingerprint density at radius 3 is 2.70 bits per heavy atom. The molecule has 0 aliphatic carbocycles. The normalized spacial score (nSPS) is 22.2. The molecule has 9 nitrogen and oxygen atoms in total. The molecule has 196 valence electrons. The van der Waals surface area contributed by atoms with Crippen molar-refractivity contribution in [1.29, 1.82) is 5.26 Å². The van der Waals surface area contributed by atoms with Crippen LogP contribution in [0.4, 0.5) is 10.2 Å². The summed E-state index contributed by atoms with van der Waals surface area (Å²) in [5.74, 6) is 0.810. The molecule has 0 saturated carbocycles. The fraction of sp³-hybridized carbons (Fsp3) is 0.519. The van der Waals surface area contributed by atoms with E-state index in [1.165, 1.54) is 16.1 Å². The number of fused-ring (bicyclic) bond motifs is 2. The van der Waals surface area contributed by atoms with Gasteiger partial charge in [0.2, 0.25) is 5.82 Å². The third kappa shape index (κ3) is 4.31. The van der Waals surface area contributed by atoms with Crippen LogP contribution in [0.5, 0.6) is 11.5 Å². The van der Waals surface area contributed by atoms with Gasteiger partial charge in [-0.25, -0.2) is 0 Å². The van der Waals surface area contributed by atoms with Crippen molar-refractivity contribution in [2.24, 2.45) is 7.05 Å². The molecule has 10 heteroatoms. The lowest BCUT2D eigenvalue weighted by Crippen LogP contribution is -2.58. The maximum atomic E-state index is 15.5. The minimum absolute atomic E-state index is 0.0588. The summed E-state index contributed by atoms with van der Waals surface area (Å²) in [5.41, 5.74) is 0.980. The van der Waals surface area contributed by atoms with Gasteiger partial charge in [-0.2, -0.15) is 19.3 Å². The van der Waals surface area contributed by atoms with Gasteiger partial charge in [-0.05, 0) is 52.3 Å². The summed E-state index contributed by atoms with van der Waals surface area (Å²) in [6.07, 6.45) is 0.0842. The van der Waals surface area contributed by atoms with Gasteiger partial charge >= 0.3 is 0 Å². The number of hydrogen-bond acceptors (Lipinski definition) is 7. The zero-order valence-electron chi connectivity index (χ0n) is 22.2. The Balaban J connectivity index is 1.45. The number of benzene rings is 1. The third-order valence-electron chi connectivity index (χ3n) is 7.45. The second-order valence-corrected chi connectivity index (χ2v) is 10.8. The van der Waals surface area contributed by atoms with Gasteiger partial charge in [-0.3, -0.25) is 14.3 Å². The minimum atomic E-state index is -0.836. The summed E-state index contributed by atoms with van der Waals surface area (Å²) in [6.45, 7) is 12.0. The van der Waals surface area contributed by atoms with Crippen LogP contribution in [0.1, 0.15) is 51.9 Å². The van der Waals surface area contributed by atoms with Crippen LogP contribution in [0.3, 0.4) is 0 Å². The highest BCUT2D eigenvalue weighted by atomic mass is 19.1. The molecule has 0 bridgehead atoms. The van der Waals surface area contributed by atoms with Crippen LogP contribution in [0.15, 0.2) is 29.1 Å². The average molecular weight is 509 g/mol. The van der Waals surface area contributed by atoms with Crippen molar-refractivity contribution in [2.45, 2.75) is 64.8 Å². The first kappa shape index (κ1) is 25.1. The van der Waals surface area contributed by atoms with Crippen molar-refractivity contribution >= 4 is 11.5 Å². The van der Waals surface area contributed by atoms with Gasteiger partial charge in [0.05, 0.1) is 18.2 Å². The highest BCUT2D eigenvalue weighted by Gasteiger charge is 2.36. The summed E-state index contributed by atoms with van der Waals surface area (Å²) in [4.78, 5) is 17.1. The van der Waals surface area contributed by atoms with E-state index < -0.39 is 11.4 Å². The molecule has 1 aromatic carbocycles. The van der Waals surface area contributed by atoms with Gasteiger partial charge in [0, 0.05) is 44.3 Å². The first-order chi connectivity index (χ1) is 17.5. The Hall–Kier alpha value is -3.58. The smallest absolute Gasteiger partial charge is 0.291 e. The number of piperazine rings is 1. The van der Waals surface area contributed by atoms with E-state index in [1.807, 2.05) is 31.7 Å². The lowest BCUT2D eigenvalue weighted by molar-refractivity contribution is 0.0209. The number of halogens is 1. The molecule has 0 amide bonds. The Bertz CT molecular complexity index is 1460. The van der Waals surface area contributed by atoms with Crippen LogP contribution in [0.25, 0.3) is 5.65 Å². The number of hydrogen-bond donors (Lipinski definition) is 0. The highest BCUT2D eigenvalue weighted by molar-refractivity contribution is 5.53. The van der Waals surface area contributed by atoms with Gasteiger partial charge in [0.15, 0.2) is 17.3 Å². The molecule has 2 aliphatic rings. The number of ether oxygens (including phenoxy) is 2. The predicted molar refractivity (Wildman–Crippen MR) is 138 cm³/mol. The van der Waals surface area contributed by atoms with Crippen molar-refractivity contribution < 1.29 is 13.9 Å². The topological polar surface area (TPSA) is 88.0 Å². The standard InChI is InChI=1S/C27H33FN6O3/c1-16-14-33(25-24(28)26(35)31(6)23-12-20(9-10-29)30-34(23)25)17(2)13-32(16)18(3)19-7-8-21-22(11-19)37-27(4,5)15-36-21/h7-8,11-12,16-18H,9,13-15H2,1-6H3/t16-,17+,18?/m1/s1. The van der Waals surface area contributed by atoms with Gasteiger partial charge in [0.25, 0.3) is 5.56 Å². The second kappa shape index (κ2) is 9.06. The minimum Gasteiger partial charge on any atom is -0.486 e. The average Bonchev–Trinajstić information content (AvgIpc) is 3.27. The Labute approximate surface area is 215 Å². The molecular weight excluding hydrogens is 475 g/mol. The molecule has 3 atom stereocenters. The Morgan fingerprint density at radius 2 is 1.97 bits per heavy atom. The third-order valence-corrected chi connectivity index (χ3v) is 7.45. The number of nitrogens with zero attached hydrogens (tertiary/aromatic N) is 6. The molecule has 5 rings (SSSR count). The van der Waals surface area contributed by atoms with Crippen LogP contribution < -0.4 is 19.9 Å². The number of aromatic nitrogens is 3. The lowest BCUT2D eigenvalue weighted by atomic mass is 10.00. The lowest BCUT2D eigenvalue weighted by Gasteiger charge is -2.47. The van der Waals surface area contributed by atoms with Crippen molar-refractivity contribution in [2.75, 3.05) is 24.6 Å². The van der Waals surface area contributed by atoms with Gasteiger partial charge in [0.1, 0.15) is 17.9 Å². The van der Waals surface area contributed by atoms with Gasteiger partial charge < -0.3 is 14.4 Å². The Morgan fingerprint density at radius 1 is 1.22 bits per heavy atom.